The average molecular weight is 478 g/mol. The van der Waals surface area contributed by atoms with Gasteiger partial charge in [-0.15, -0.1) is 0 Å². The molecule has 1 aromatic carbocycles. The highest BCUT2D eigenvalue weighted by Gasteiger charge is 2.55. The van der Waals surface area contributed by atoms with Crippen LogP contribution in [0.5, 0.6) is 0 Å². The third-order valence-electron chi connectivity index (χ3n) is 7.66. The summed E-state index contributed by atoms with van der Waals surface area (Å²) < 4.78 is 36.9. The fraction of sp³-hybridized carbons (Fsp3) is 0.741. The summed E-state index contributed by atoms with van der Waals surface area (Å²) in [6.45, 7) is 16.8. The summed E-state index contributed by atoms with van der Waals surface area (Å²) in [6, 6.07) is 3.89. The molecule has 2 aliphatic rings. The van der Waals surface area contributed by atoms with Gasteiger partial charge in [-0.1, -0.05) is 67.0 Å². The van der Waals surface area contributed by atoms with Crippen LogP contribution in [-0.2, 0) is 19.6 Å². The smallest absolute Gasteiger partial charge is 0.246 e. The van der Waals surface area contributed by atoms with Crippen molar-refractivity contribution in [3.8, 4) is 0 Å². The molecule has 0 aromatic heterocycles. The third-order valence-corrected chi connectivity index (χ3v) is 9.69. The molecule has 3 atom stereocenters. The van der Waals surface area contributed by atoms with Gasteiger partial charge >= 0.3 is 0 Å². The van der Waals surface area contributed by atoms with Crippen LogP contribution in [-0.4, -0.2) is 37.4 Å². The molecule has 1 aromatic rings. The number of carbonyl (C=O) groups is 1. The largest absolute Gasteiger partial charge is 0.359 e. The van der Waals surface area contributed by atoms with E-state index in [-0.39, 0.29) is 23.7 Å². The molecule has 0 N–H and O–H groups in total. The Labute approximate surface area is 201 Å². The van der Waals surface area contributed by atoms with Crippen molar-refractivity contribution in [2.24, 2.45) is 5.41 Å². The van der Waals surface area contributed by atoms with Gasteiger partial charge in [0.1, 0.15) is 12.0 Å². The molecule has 1 saturated carbocycles. The van der Waals surface area contributed by atoms with Gasteiger partial charge in [0.05, 0.1) is 23.0 Å². The van der Waals surface area contributed by atoms with Gasteiger partial charge in [0.2, 0.25) is 10.0 Å². The second kappa shape index (κ2) is 9.79. The van der Waals surface area contributed by atoms with Gasteiger partial charge in [-0.25, -0.2) is 8.42 Å². The molecule has 186 valence electrons. The van der Waals surface area contributed by atoms with E-state index in [0.717, 1.165) is 29.5 Å². The second-order valence-corrected chi connectivity index (χ2v) is 12.9. The first-order valence-electron chi connectivity index (χ1n) is 12.7. The number of carbonyl (C=O) groups excluding carboxylic acids is 1. The SMILES string of the molecule is CC[C@@H]1CO[C@H]([C@@]2(C)CCCCC2=O)N1S(=O)(=O)c1c(C(C)C)cc(C(C)C)cc1C(C)C. The Balaban J connectivity index is 2.25. The van der Waals surface area contributed by atoms with Crippen molar-refractivity contribution in [2.45, 2.75) is 122 Å². The van der Waals surface area contributed by atoms with Gasteiger partial charge in [-0.05, 0) is 60.6 Å². The summed E-state index contributed by atoms with van der Waals surface area (Å²) in [5, 5.41) is 0. The normalized spacial score (nSPS) is 27.3. The molecule has 1 heterocycles. The number of nitrogens with zero attached hydrogens (tertiary/aromatic N) is 1. The number of ketones is 1. The van der Waals surface area contributed by atoms with Crippen molar-refractivity contribution in [1.29, 1.82) is 0 Å². The van der Waals surface area contributed by atoms with Crippen LogP contribution in [0.25, 0.3) is 0 Å². The van der Waals surface area contributed by atoms with Gasteiger partial charge in [-0.3, -0.25) is 4.79 Å². The summed E-state index contributed by atoms with van der Waals surface area (Å²) in [4.78, 5) is 13.5. The molecular weight excluding hydrogens is 434 g/mol. The van der Waals surface area contributed by atoms with Gasteiger partial charge in [0.15, 0.2) is 0 Å². The van der Waals surface area contributed by atoms with E-state index in [4.69, 9.17) is 4.74 Å². The quantitative estimate of drug-likeness (QED) is 0.460. The van der Waals surface area contributed by atoms with Crippen molar-refractivity contribution in [3.05, 3.63) is 28.8 Å². The number of sulfonamides is 1. The minimum absolute atomic E-state index is 0.0555. The predicted molar refractivity (Wildman–Crippen MR) is 133 cm³/mol. The molecule has 0 amide bonds. The van der Waals surface area contributed by atoms with Crippen molar-refractivity contribution in [1.82, 2.24) is 4.31 Å². The van der Waals surface area contributed by atoms with Crippen molar-refractivity contribution in [3.63, 3.8) is 0 Å². The Morgan fingerprint density at radius 2 is 1.61 bits per heavy atom. The number of hydrogen-bond acceptors (Lipinski definition) is 4. The Hall–Kier alpha value is -1.24. The van der Waals surface area contributed by atoms with E-state index < -0.39 is 21.7 Å². The Kier molecular flexibility index (Phi) is 7.82. The number of hydrogen-bond donors (Lipinski definition) is 0. The predicted octanol–water partition coefficient (Wildman–Crippen LogP) is 6.33. The highest BCUT2D eigenvalue weighted by molar-refractivity contribution is 7.89. The summed E-state index contributed by atoms with van der Waals surface area (Å²) in [5.74, 6) is 0.542. The lowest BCUT2D eigenvalue weighted by molar-refractivity contribution is -0.143. The molecule has 0 bridgehead atoms. The Morgan fingerprint density at radius 3 is 2.06 bits per heavy atom. The molecule has 33 heavy (non-hydrogen) atoms. The molecule has 0 unspecified atom stereocenters. The number of ether oxygens (including phenoxy) is 1. The van der Waals surface area contributed by atoms with E-state index in [1.807, 2.05) is 13.8 Å². The summed E-state index contributed by atoms with van der Waals surface area (Å²) in [5.41, 5.74) is 2.09. The van der Waals surface area contributed by atoms with Crippen LogP contribution in [0.2, 0.25) is 0 Å². The zero-order valence-electron chi connectivity index (χ0n) is 21.8. The van der Waals surface area contributed by atoms with Gasteiger partial charge in [-0.2, -0.15) is 4.31 Å². The Morgan fingerprint density at radius 1 is 1.03 bits per heavy atom. The highest BCUT2D eigenvalue weighted by Crippen LogP contribution is 2.46. The average Bonchev–Trinajstić information content (AvgIpc) is 3.20. The first-order chi connectivity index (χ1) is 15.4. The molecule has 1 aliphatic carbocycles. The van der Waals surface area contributed by atoms with Crippen LogP contribution in [0.15, 0.2) is 17.0 Å². The molecule has 3 rings (SSSR count). The number of Topliss-reactive ketones (excluding diaryl/α,β-unsaturated/α-hetero) is 1. The summed E-state index contributed by atoms with van der Waals surface area (Å²) in [6.07, 6.45) is 2.86. The monoisotopic (exact) mass is 477 g/mol. The summed E-state index contributed by atoms with van der Waals surface area (Å²) in [7, 11) is -3.90. The maximum Gasteiger partial charge on any atom is 0.246 e. The standard InChI is InChI=1S/C27H43NO4S/c1-9-21-16-32-26(27(8)13-11-10-12-24(27)29)28(21)33(30,31)25-22(18(4)5)14-20(17(2)3)15-23(25)19(6)7/h14-15,17-19,21,26H,9-13,16H2,1-8H3/t21-,26-,27+/m1/s1. The van der Waals surface area contributed by atoms with Crippen LogP contribution >= 0.6 is 0 Å². The number of benzene rings is 1. The molecule has 0 spiro atoms. The molecule has 6 heteroatoms. The molecule has 5 nitrogen and oxygen atoms in total. The lowest BCUT2D eigenvalue weighted by atomic mass is 9.73. The minimum atomic E-state index is -3.90. The number of rotatable bonds is 7. The van der Waals surface area contributed by atoms with E-state index in [1.165, 1.54) is 0 Å². The fourth-order valence-electron chi connectivity index (χ4n) is 5.38. The molecule has 1 saturated heterocycles. The zero-order valence-corrected chi connectivity index (χ0v) is 22.6. The van der Waals surface area contributed by atoms with Crippen LogP contribution in [0.3, 0.4) is 0 Å². The second-order valence-electron chi connectivity index (χ2n) is 11.1. The Bertz CT molecular complexity index is 953. The van der Waals surface area contributed by atoms with Crippen LogP contribution < -0.4 is 0 Å². The minimum Gasteiger partial charge on any atom is -0.359 e. The van der Waals surface area contributed by atoms with Gasteiger partial charge < -0.3 is 4.74 Å². The summed E-state index contributed by atoms with van der Waals surface area (Å²) >= 11 is 0. The lowest BCUT2D eigenvalue weighted by Crippen LogP contribution is -2.53. The molecule has 2 fully saturated rings. The van der Waals surface area contributed by atoms with Crippen LogP contribution in [0, 0.1) is 5.41 Å². The fourth-order valence-corrected chi connectivity index (χ4v) is 7.93. The molecular formula is C27H43NO4S. The zero-order chi connectivity index (χ0) is 24.7. The van der Waals surface area contributed by atoms with E-state index in [2.05, 4.69) is 53.7 Å². The van der Waals surface area contributed by atoms with Crippen molar-refractivity contribution >= 4 is 15.8 Å². The van der Waals surface area contributed by atoms with Gasteiger partial charge in [0, 0.05) is 6.42 Å². The van der Waals surface area contributed by atoms with E-state index in [9.17, 15) is 13.2 Å². The first-order valence-corrected chi connectivity index (χ1v) is 14.2. The third kappa shape index (κ3) is 4.68. The van der Waals surface area contributed by atoms with Crippen molar-refractivity contribution < 1.29 is 17.9 Å². The van der Waals surface area contributed by atoms with Gasteiger partial charge in [0.25, 0.3) is 0 Å². The molecule has 0 radical (unpaired) electrons. The highest BCUT2D eigenvalue weighted by atomic mass is 32.2. The first kappa shape index (κ1) is 26.4. The van der Waals surface area contributed by atoms with E-state index in [0.29, 0.717) is 36.7 Å². The maximum absolute atomic E-state index is 14.6. The van der Waals surface area contributed by atoms with E-state index >= 15 is 0 Å². The maximum atomic E-state index is 14.6. The topological polar surface area (TPSA) is 63.7 Å². The van der Waals surface area contributed by atoms with Crippen LogP contribution in [0.4, 0.5) is 0 Å². The van der Waals surface area contributed by atoms with E-state index in [1.54, 1.807) is 4.31 Å². The van der Waals surface area contributed by atoms with Crippen LogP contribution in [0.1, 0.15) is 122 Å². The van der Waals surface area contributed by atoms with Crippen molar-refractivity contribution in [2.75, 3.05) is 6.61 Å². The lowest BCUT2D eigenvalue weighted by Gasteiger charge is -2.41. The molecule has 1 aliphatic heterocycles.